The summed E-state index contributed by atoms with van der Waals surface area (Å²) in [5, 5.41) is 13.6. The number of piperazine rings is 1. The Labute approximate surface area is 128 Å². The van der Waals surface area contributed by atoms with E-state index in [0.29, 0.717) is 6.04 Å². The van der Waals surface area contributed by atoms with Gasteiger partial charge in [-0.25, -0.2) is 4.79 Å². The van der Waals surface area contributed by atoms with Crippen LogP contribution in [0.25, 0.3) is 0 Å². The van der Waals surface area contributed by atoms with Crippen LogP contribution in [0.2, 0.25) is 0 Å². The highest BCUT2D eigenvalue weighted by atomic mass is 16.6. The first-order valence-electron chi connectivity index (χ1n) is 8.22. The molecule has 1 aliphatic heterocycles. The number of ether oxygens (including phenoxy) is 1. The molecule has 2 rings (SSSR count). The smallest absolute Gasteiger partial charge is 0.335 e. The number of esters is 1. The number of nitrogens with one attached hydrogen (secondary N) is 1. The third-order valence-electron chi connectivity index (χ3n) is 4.50. The van der Waals surface area contributed by atoms with Crippen molar-refractivity contribution in [2.45, 2.75) is 64.2 Å². The zero-order valence-electron chi connectivity index (χ0n) is 13.6. The van der Waals surface area contributed by atoms with Crippen LogP contribution in [0.3, 0.4) is 0 Å². The van der Waals surface area contributed by atoms with Crippen LogP contribution in [0, 0.1) is 5.92 Å². The molecule has 2 aliphatic rings. The SMILES string of the molecule is CC(C)(C)OC(=O)C(O)C1CCC(N2CCNCC2)CC1. The predicted octanol–water partition coefficient (Wildman–Crippen LogP) is 1.15. The van der Waals surface area contributed by atoms with Gasteiger partial charge in [-0.05, 0) is 52.4 Å². The molecule has 21 heavy (non-hydrogen) atoms. The molecule has 0 aromatic carbocycles. The summed E-state index contributed by atoms with van der Waals surface area (Å²) in [6.45, 7) is 9.87. The van der Waals surface area contributed by atoms with Gasteiger partial charge in [-0.2, -0.15) is 0 Å². The highest BCUT2D eigenvalue weighted by Crippen LogP contribution is 2.30. The van der Waals surface area contributed by atoms with Crippen LogP contribution >= 0.6 is 0 Å². The van der Waals surface area contributed by atoms with Crippen molar-refractivity contribution >= 4 is 5.97 Å². The molecule has 1 unspecified atom stereocenters. The summed E-state index contributed by atoms with van der Waals surface area (Å²) in [5.41, 5.74) is -0.532. The van der Waals surface area contributed by atoms with Crippen LogP contribution in [-0.4, -0.2) is 59.9 Å². The number of aliphatic hydroxyl groups is 1. The average molecular weight is 298 g/mol. The maximum absolute atomic E-state index is 12.0. The largest absolute Gasteiger partial charge is 0.458 e. The maximum atomic E-state index is 12.0. The van der Waals surface area contributed by atoms with E-state index in [0.717, 1.165) is 51.9 Å². The Morgan fingerprint density at radius 1 is 1.19 bits per heavy atom. The number of aliphatic hydroxyl groups excluding tert-OH is 1. The molecule has 1 aliphatic carbocycles. The fraction of sp³-hybridized carbons (Fsp3) is 0.938. The fourth-order valence-electron chi connectivity index (χ4n) is 3.38. The minimum absolute atomic E-state index is 0.0546. The van der Waals surface area contributed by atoms with Crippen LogP contribution in [0.15, 0.2) is 0 Å². The molecule has 0 spiro atoms. The predicted molar refractivity (Wildman–Crippen MR) is 82.0 cm³/mol. The van der Waals surface area contributed by atoms with Gasteiger partial charge in [0.15, 0.2) is 6.10 Å². The molecular formula is C16H30N2O3. The van der Waals surface area contributed by atoms with Gasteiger partial charge in [0.1, 0.15) is 5.60 Å². The first kappa shape index (κ1) is 16.7. The molecule has 0 bridgehead atoms. The Bertz CT molecular complexity index is 340. The number of rotatable bonds is 3. The summed E-state index contributed by atoms with van der Waals surface area (Å²) in [5.74, 6) is -0.410. The molecule has 1 atom stereocenters. The Kier molecular flexibility index (Phi) is 5.63. The van der Waals surface area contributed by atoms with Crippen molar-refractivity contribution in [1.29, 1.82) is 0 Å². The van der Waals surface area contributed by atoms with Gasteiger partial charge in [0.05, 0.1) is 0 Å². The fourth-order valence-corrected chi connectivity index (χ4v) is 3.38. The topological polar surface area (TPSA) is 61.8 Å². The van der Waals surface area contributed by atoms with Crippen LogP contribution in [-0.2, 0) is 9.53 Å². The lowest BCUT2D eigenvalue weighted by atomic mass is 9.82. The first-order valence-corrected chi connectivity index (χ1v) is 8.22. The van der Waals surface area contributed by atoms with E-state index >= 15 is 0 Å². The van der Waals surface area contributed by atoms with Crippen LogP contribution in [0.1, 0.15) is 46.5 Å². The molecule has 2 fully saturated rings. The molecule has 0 radical (unpaired) electrons. The summed E-state index contributed by atoms with van der Waals surface area (Å²) in [6.07, 6.45) is 3.01. The second-order valence-electron chi connectivity index (χ2n) is 7.33. The summed E-state index contributed by atoms with van der Waals surface area (Å²) in [7, 11) is 0. The summed E-state index contributed by atoms with van der Waals surface area (Å²) < 4.78 is 5.29. The number of hydrogen-bond acceptors (Lipinski definition) is 5. The highest BCUT2D eigenvalue weighted by molar-refractivity contribution is 5.75. The minimum Gasteiger partial charge on any atom is -0.458 e. The van der Waals surface area contributed by atoms with Gasteiger partial charge < -0.3 is 15.2 Å². The molecule has 5 nitrogen and oxygen atoms in total. The average Bonchev–Trinajstić information content (AvgIpc) is 2.46. The number of carbonyl (C=O) groups excluding carboxylic acids is 1. The van der Waals surface area contributed by atoms with Crippen molar-refractivity contribution in [2.75, 3.05) is 26.2 Å². The van der Waals surface area contributed by atoms with Gasteiger partial charge in [-0.3, -0.25) is 4.90 Å². The zero-order chi connectivity index (χ0) is 15.5. The van der Waals surface area contributed by atoms with E-state index in [1.807, 2.05) is 20.8 Å². The molecule has 2 N–H and O–H groups in total. The standard InChI is InChI=1S/C16H30N2O3/c1-16(2,3)21-15(20)14(19)12-4-6-13(7-5-12)18-10-8-17-9-11-18/h12-14,17,19H,4-11H2,1-3H3. The lowest BCUT2D eigenvalue weighted by molar-refractivity contribution is -0.169. The van der Waals surface area contributed by atoms with E-state index in [-0.39, 0.29) is 5.92 Å². The molecule has 0 amide bonds. The van der Waals surface area contributed by atoms with Gasteiger partial charge in [0.2, 0.25) is 0 Å². The molecule has 5 heteroatoms. The molecule has 1 saturated carbocycles. The van der Waals surface area contributed by atoms with Gasteiger partial charge in [0.25, 0.3) is 0 Å². The quantitative estimate of drug-likeness (QED) is 0.766. The Hall–Kier alpha value is -0.650. The van der Waals surface area contributed by atoms with Crippen molar-refractivity contribution in [1.82, 2.24) is 10.2 Å². The van der Waals surface area contributed by atoms with E-state index in [9.17, 15) is 9.90 Å². The second kappa shape index (κ2) is 7.07. The van der Waals surface area contributed by atoms with Crippen LogP contribution in [0.5, 0.6) is 0 Å². The molecule has 0 aromatic heterocycles. The zero-order valence-corrected chi connectivity index (χ0v) is 13.6. The van der Waals surface area contributed by atoms with E-state index in [1.165, 1.54) is 0 Å². The normalized spacial score (nSPS) is 29.9. The van der Waals surface area contributed by atoms with Crippen molar-refractivity contribution < 1.29 is 14.6 Å². The Balaban J connectivity index is 1.78. The van der Waals surface area contributed by atoms with E-state index in [1.54, 1.807) is 0 Å². The lowest BCUT2D eigenvalue weighted by Gasteiger charge is -2.39. The summed E-state index contributed by atoms with van der Waals surface area (Å²) >= 11 is 0. The molecule has 0 aromatic rings. The van der Waals surface area contributed by atoms with Crippen molar-refractivity contribution in [3.05, 3.63) is 0 Å². The molecule has 1 saturated heterocycles. The third-order valence-corrected chi connectivity index (χ3v) is 4.50. The number of hydrogen-bond donors (Lipinski definition) is 2. The molecule has 1 heterocycles. The minimum atomic E-state index is -0.965. The van der Waals surface area contributed by atoms with Gasteiger partial charge in [0, 0.05) is 32.2 Å². The molecule has 122 valence electrons. The van der Waals surface area contributed by atoms with Crippen molar-refractivity contribution in [3.8, 4) is 0 Å². The highest BCUT2D eigenvalue weighted by Gasteiger charge is 2.34. The number of carbonyl (C=O) groups is 1. The Morgan fingerprint density at radius 2 is 1.76 bits per heavy atom. The van der Waals surface area contributed by atoms with Crippen molar-refractivity contribution in [2.24, 2.45) is 5.92 Å². The lowest BCUT2D eigenvalue weighted by Crippen LogP contribution is -2.50. The van der Waals surface area contributed by atoms with Crippen LogP contribution < -0.4 is 5.32 Å². The van der Waals surface area contributed by atoms with Gasteiger partial charge in [-0.1, -0.05) is 0 Å². The number of nitrogens with zero attached hydrogens (tertiary/aromatic N) is 1. The first-order chi connectivity index (χ1) is 9.87. The summed E-state index contributed by atoms with van der Waals surface area (Å²) in [6, 6.07) is 0.620. The maximum Gasteiger partial charge on any atom is 0.335 e. The van der Waals surface area contributed by atoms with Crippen molar-refractivity contribution in [3.63, 3.8) is 0 Å². The van der Waals surface area contributed by atoms with Crippen LogP contribution in [0.4, 0.5) is 0 Å². The van der Waals surface area contributed by atoms with E-state index < -0.39 is 17.7 Å². The summed E-state index contributed by atoms with van der Waals surface area (Å²) in [4.78, 5) is 14.5. The molecular weight excluding hydrogens is 268 g/mol. The Morgan fingerprint density at radius 3 is 2.29 bits per heavy atom. The van der Waals surface area contributed by atoms with E-state index in [4.69, 9.17) is 4.74 Å². The van der Waals surface area contributed by atoms with Gasteiger partial charge in [-0.15, -0.1) is 0 Å². The second-order valence-corrected chi connectivity index (χ2v) is 7.33. The van der Waals surface area contributed by atoms with Gasteiger partial charge >= 0.3 is 5.97 Å². The van der Waals surface area contributed by atoms with E-state index in [2.05, 4.69) is 10.2 Å². The third kappa shape index (κ3) is 4.94. The monoisotopic (exact) mass is 298 g/mol.